The molecule has 1 aliphatic rings. The SMILES string of the molecule is OCCn1ncc2c(N3CCN(c4ccccc4)CC3)ncnc21. The molecule has 0 saturated carbocycles. The smallest absolute Gasteiger partial charge is 0.163 e. The van der Waals surface area contributed by atoms with Gasteiger partial charge in [-0.15, -0.1) is 0 Å². The van der Waals surface area contributed by atoms with E-state index in [1.807, 2.05) is 6.07 Å². The summed E-state index contributed by atoms with van der Waals surface area (Å²) in [6.45, 7) is 4.23. The molecule has 4 rings (SSSR count). The second-order valence-corrected chi connectivity index (χ2v) is 5.84. The van der Waals surface area contributed by atoms with Crippen molar-refractivity contribution >= 4 is 22.5 Å². The fourth-order valence-corrected chi connectivity index (χ4v) is 3.21. The summed E-state index contributed by atoms with van der Waals surface area (Å²) in [5, 5.41) is 14.4. The first-order valence-corrected chi connectivity index (χ1v) is 8.19. The second-order valence-electron chi connectivity index (χ2n) is 5.84. The van der Waals surface area contributed by atoms with Gasteiger partial charge in [0.15, 0.2) is 5.65 Å². The number of rotatable bonds is 4. The second kappa shape index (κ2) is 6.45. The largest absolute Gasteiger partial charge is 0.394 e. The number of aliphatic hydroxyl groups excluding tert-OH is 1. The number of benzene rings is 1. The molecule has 0 bridgehead atoms. The Morgan fingerprint density at radius 2 is 1.71 bits per heavy atom. The van der Waals surface area contributed by atoms with Crippen LogP contribution in [0.15, 0.2) is 42.9 Å². The standard InChI is InChI=1S/C17H20N6O/c24-11-10-23-17-15(12-20-23)16(18-13-19-17)22-8-6-21(7-9-22)14-4-2-1-3-5-14/h1-5,12-13,24H,6-11H2. The van der Waals surface area contributed by atoms with Gasteiger partial charge in [-0.2, -0.15) is 5.10 Å². The maximum Gasteiger partial charge on any atom is 0.163 e. The Balaban J connectivity index is 1.54. The summed E-state index contributed by atoms with van der Waals surface area (Å²) in [4.78, 5) is 13.5. The molecule has 3 aromatic rings. The van der Waals surface area contributed by atoms with E-state index in [9.17, 15) is 0 Å². The molecule has 1 fully saturated rings. The van der Waals surface area contributed by atoms with Crippen molar-refractivity contribution in [2.24, 2.45) is 0 Å². The molecule has 1 saturated heterocycles. The highest BCUT2D eigenvalue weighted by Crippen LogP contribution is 2.25. The predicted molar refractivity (Wildman–Crippen MR) is 93.3 cm³/mol. The van der Waals surface area contributed by atoms with Crippen LogP contribution in [-0.4, -0.2) is 57.6 Å². The maximum atomic E-state index is 9.13. The van der Waals surface area contributed by atoms with Crippen molar-refractivity contribution < 1.29 is 5.11 Å². The molecule has 0 atom stereocenters. The highest BCUT2D eigenvalue weighted by atomic mass is 16.3. The van der Waals surface area contributed by atoms with Gasteiger partial charge < -0.3 is 14.9 Å². The highest BCUT2D eigenvalue weighted by molar-refractivity contribution is 5.86. The van der Waals surface area contributed by atoms with Gasteiger partial charge in [-0.1, -0.05) is 18.2 Å². The molecule has 24 heavy (non-hydrogen) atoms. The first-order valence-electron chi connectivity index (χ1n) is 8.19. The van der Waals surface area contributed by atoms with E-state index in [1.54, 1.807) is 17.2 Å². The quantitative estimate of drug-likeness (QED) is 0.776. The molecule has 1 aromatic carbocycles. The molecule has 0 unspecified atom stereocenters. The van der Waals surface area contributed by atoms with Crippen molar-refractivity contribution in [3.8, 4) is 0 Å². The van der Waals surface area contributed by atoms with Gasteiger partial charge in [0.2, 0.25) is 0 Å². The molecule has 0 aliphatic carbocycles. The Morgan fingerprint density at radius 1 is 0.958 bits per heavy atom. The van der Waals surface area contributed by atoms with E-state index in [2.05, 4.69) is 49.1 Å². The summed E-state index contributed by atoms with van der Waals surface area (Å²) >= 11 is 0. The minimum atomic E-state index is 0.0475. The monoisotopic (exact) mass is 324 g/mol. The van der Waals surface area contributed by atoms with Gasteiger partial charge in [-0.05, 0) is 12.1 Å². The number of para-hydroxylation sites is 1. The van der Waals surface area contributed by atoms with E-state index in [1.165, 1.54) is 5.69 Å². The maximum absolute atomic E-state index is 9.13. The third-order valence-corrected chi connectivity index (χ3v) is 4.42. The Morgan fingerprint density at radius 3 is 2.46 bits per heavy atom. The summed E-state index contributed by atoms with van der Waals surface area (Å²) in [7, 11) is 0. The zero-order valence-electron chi connectivity index (χ0n) is 13.4. The van der Waals surface area contributed by atoms with Crippen LogP contribution in [0.5, 0.6) is 0 Å². The number of anilines is 2. The van der Waals surface area contributed by atoms with E-state index in [0.717, 1.165) is 43.0 Å². The van der Waals surface area contributed by atoms with Crippen molar-refractivity contribution in [3.05, 3.63) is 42.9 Å². The Labute approximate surface area is 140 Å². The van der Waals surface area contributed by atoms with E-state index < -0.39 is 0 Å². The fraction of sp³-hybridized carbons (Fsp3) is 0.353. The first-order chi connectivity index (χ1) is 11.9. The minimum absolute atomic E-state index is 0.0475. The highest BCUT2D eigenvalue weighted by Gasteiger charge is 2.21. The molecule has 2 aromatic heterocycles. The predicted octanol–water partition coefficient (Wildman–Crippen LogP) is 1.15. The van der Waals surface area contributed by atoms with Crippen LogP contribution in [0.4, 0.5) is 11.5 Å². The lowest BCUT2D eigenvalue weighted by molar-refractivity contribution is 0.271. The summed E-state index contributed by atoms with van der Waals surface area (Å²) < 4.78 is 1.72. The van der Waals surface area contributed by atoms with Crippen LogP contribution >= 0.6 is 0 Å². The molecule has 124 valence electrons. The van der Waals surface area contributed by atoms with Crippen molar-refractivity contribution in [2.75, 3.05) is 42.6 Å². The van der Waals surface area contributed by atoms with Gasteiger partial charge in [0.05, 0.1) is 24.7 Å². The van der Waals surface area contributed by atoms with Gasteiger partial charge in [-0.25, -0.2) is 14.6 Å². The van der Waals surface area contributed by atoms with Crippen LogP contribution in [0.3, 0.4) is 0 Å². The lowest BCUT2D eigenvalue weighted by atomic mass is 10.2. The minimum Gasteiger partial charge on any atom is -0.394 e. The first kappa shape index (κ1) is 14.9. The Hall–Kier alpha value is -2.67. The molecular formula is C17H20N6O. The third-order valence-electron chi connectivity index (χ3n) is 4.42. The van der Waals surface area contributed by atoms with Crippen LogP contribution < -0.4 is 9.80 Å². The van der Waals surface area contributed by atoms with Gasteiger partial charge in [0.25, 0.3) is 0 Å². The van der Waals surface area contributed by atoms with Gasteiger partial charge in [-0.3, -0.25) is 0 Å². The summed E-state index contributed by atoms with van der Waals surface area (Å²) in [5.74, 6) is 0.928. The number of aliphatic hydroxyl groups is 1. The number of fused-ring (bicyclic) bond motifs is 1. The molecule has 7 nitrogen and oxygen atoms in total. The van der Waals surface area contributed by atoms with Crippen molar-refractivity contribution in [1.82, 2.24) is 19.7 Å². The van der Waals surface area contributed by atoms with Crippen LogP contribution in [-0.2, 0) is 6.54 Å². The zero-order chi connectivity index (χ0) is 16.4. The average Bonchev–Trinajstić information content (AvgIpc) is 3.06. The molecule has 0 amide bonds. The summed E-state index contributed by atoms with van der Waals surface area (Å²) in [6.07, 6.45) is 3.38. The fourth-order valence-electron chi connectivity index (χ4n) is 3.21. The van der Waals surface area contributed by atoms with Crippen LogP contribution in [0.25, 0.3) is 11.0 Å². The van der Waals surface area contributed by atoms with Crippen molar-refractivity contribution in [3.63, 3.8) is 0 Å². The molecule has 3 heterocycles. The van der Waals surface area contributed by atoms with Crippen molar-refractivity contribution in [1.29, 1.82) is 0 Å². The number of nitrogens with zero attached hydrogens (tertiary/aromatic N) is 6. The number of hydrogen-bond acceptors (Lipinski definition) is 6. The van der Waals surface area contributed by atoms with Gasteiger partial charge in [0.1, 0.15) is 12.1 Å². The topological polar surface area (TPSA) is 70.3 Å². The van der Waals surface area contributed by atoms with Crippen LogP contribution in [0, 0.1) is 0 Å². The normalized spacial score (nSPS) is 15.2. The Kier molecular flexibility index (Phi) is 4.00. The molecular weight excluding hydrogens is 304 g/mol. The number of hydrogen-bond donors (Lipinski definition) is 1. The average molecular weight is 324 g/mol. The van der Waals surface area contributed by atoms with Gasteiger partial charge >= 0.3 is 0 Å². The zero-order valence-corrected chi connectivity index (χ0v) is 13.4. The van der Waals surface area contributed by atoms with Crippen LogP contribution in [0.2, 0.25) is 0 Å². The molecule has 1 N–H and O–H groups in total. The summed E-state index contributed by atoms with van der Waals surface area (Å²) in [6, 6.07) is 10.5. The molecule has 0 spiro atoms. The molecule has 7 heteroatoms. The van der Waals surface area contributed by atoms with E-state index in [0.29, 0.717) is 6.54 Å². The Bertz CT molecular complexity index is 810. The third kappa shape index (κ3) is 2.67. The lowest BCUT2D eigenvalue weighted by Gasteiger charge is -2.36. The number of aromatic nitrogens is 4. The van der Waals surface area contributed by atoms with E-state index >= 15 is 0 Å². The molecule has 1 aliphatic heterocycles. The van der Waals surface area contributed by atoms with Crippen LogP contribution in [0.1, 0.15) is 0 Å². The summed E-state index contributed by atoms with van der Waals surface area (Å²) in [5.41, 5.74) is 2.04. The van der Waals surface area contributed by atoms with Gasteiger partial charge in [0, 0.05) is 31.9 Å². The van der Waals surface area contributed by atoms with E-state index in [-0.39, 0.29) is 6.61 Å². The van der Waals surface area contributed by atoms with E-state index in [4.69, 9.17) is 5.11 Å². The van der Waals surface area contributed by atoms with Crippen molar-refractivity contribution in [2.45, 2.75) is 6.54 Å². The number of piperazine rings is 1. The molecule has 0 radical (unpaired) electrons. The lowest BCUT2D eigenvalue weighted by Crippen LogP contribution is -2.46.